The molecule has 2 N–H and O–H groups in total. The van der Waals surface area contributed by atoms with E-state index in [0.717, 1.165) is 21.1 Å². The summed E-state index contributed by atoms with van der Waals surface area (Å²) in [6.07, 6.45) is 4.76. The maximum atomic E-state index is 9.99. The number of nitrogens with zero attached hydrogens (tertiary/aromatic N) is 2. The van der Waals surface area contributed by atoms with Gasteiger partial charge in [-0.15, -0.1) is 0 Å². The second-order valence-electron chi connectivity index (χ2n) is 4.54. The molecule has 0 unspecified atom stereocenters. The van der Waals surface area contributed by atoms with Gasteiger partial charge in [0.05, 0.1) is 17.2 Å². The van der Waals surface area contributed by atoms with Gasteiger partial charge in [-0.3, -0.25) is 4.68 Å². The molecule has 1 aromatic carbocycles. The Kier molecular flexibility index (Phi) is 3.75. The average Bonchev–Trinajstić information content (AvgIpc) is 3.05. The van der Waals surface area contributed by atoms with E-state index >= 15 is 0 Å². The topological polar surface area (TPSA) is 63.1 Å². The first kappa shape index (κ1) is 13.2. The summed E-state index contributed by atoms with van der Waals surface area (Å²) in [5.41, 5.74) is 1.02. The van der Waals surface area contributed by atoms with E-state index in [1.54, 1.807) is 10.9 Å². The van der Waals surface area contributed by atoms with Gasteiger partial charge in [0.1, 0.15) is 18.5 Å². The molecule has 2 heterocycles. The lowest BCUT2D eigenvalue weighted by molar-refractivity contribution is 0.0900. The zero-order valence-electron chi connectivity index (χ0n) is 10.7. The van der Waals surface area contributed by atoms with E-state index < -0.39 is 6.10 Å². The molecule has 0 aliphatic carbocycles. The summed E-state index contributed by atoms with van der Waals surface area (Å²) in [7, 11) is 0. The van der Waals surface area contributed by atoms with Crippen molar-refractivity contribution in [1.82, 2.24) is 14.8 Å². The molecule has 0 radical (unpaired) electrons. The number of H-pyrrole nitrogens is 1. The van der Waals surface area contributed by atoms with E-state index in [1.807, 2.05) is 36.7 Å². The monoisotopic (exact) mass is 335 g/mol. The SMILES string of the molecule is O[C@H](COc1cccc2[nH]ccc12)Cn1cc(Br)cn1. The van der Waals surface area contributed by atoms with Crippen LogP contribution < -0.4 is 4.74 Å². The molecule has 3 rings (SSSR count). The summed E-state index contributed by atoms with van der Waals surface area (Å²) in [4.78, 5) is 3.13. The number of halogens is 1. The summed E-state index contributed by atoms with van der Waals surface area (Å²) >= 11 is 3.32. The van der Waals surface area contributed by atoms with E-state index in [0.29, 0.717) is 6.54 Å². The van der Waals surface area contributed by atoms with E-state index in [-0.39, 0.29) is 6.61 Å². The Morgan fingerprint density at radius 3 is 3.10 bits per heavy atom. The van der Waals surface area contributed by atoms with Crippen molar-refractivity contribution in [2.24, 2.45) is 0 Å². The van der Waals surface area contributed by atoms with Crippen LogP contribution in [0.2, 0.25) is 0 Å². The van der Waals surface area contributed by atoms with Crippen LogP contribution in [0.3, 0.4) is 0 Å². The maximum absolute atomic E-state index is 9.99. The number of aliphatic hydroxyl groups is 1. The maximum Gasteiger partial charge on any atom is 0.128 e. The number of nitrogens with one attached hydrogen (secondary N) is 1. The average molecular weight is 336 g/mol. The molecule has 20 heavy (non-hydrogen) atoms. The zero-order valence-corrected chi connectivity index (χ0v) is 12.2. The van der Waals surface area contributed by atoms with Crippen LogP contribution in [-0.4, -0.2) is 32.6 Å². The fourth-order valence-electron chi connectivity index (χ4n) is 2.08. The minimum absolute atomic E-state index is 0.224. The highest BCUT2D eigenvalue weighted by atomic mass is 79.9. The Morgan fingerprint density at radius 2 is 2.30 bits per heavy atom. The third-order valence-electron chi connectivity index (χ3n) is 2.99. The predicted octanol–water partition coefficient (Wildman–Crippen LogP) is 2.57. The van der Waals surface area contributed by atoms with Gasteiger partial charge >= 0.3 is 0 Å². The van der Waals surface area contributed by atoms with E-state index in [2.05, 4.69) is 26.0 Å². The number of benzene rings is 1. The molecular weight excluding hydrogens is 322 g/mol. The number of rotatable bonds is 5. The lowest BCUT2D eigenvalue weighted by Crippen LogP contribution is -2.23. The van der Waals surface area contributed by atoms with Gasteiger partial charge in [-0.05, 0) is 34.1 Å². The number of hydrogen-bond acceptors (Lipinski definition) is 3. The molecule has 104 valence electrons. The largest absolute Gasteiger partial charge is 0.490 e. The van der Waals surface area contributed by atoms with Crippen LogP contribution in [0.25, 0.3) is 10.9 Å². The van der Waals surface area contributed by atoms with Gasteiger partial charge in [0.2, 0.25) is 0 Å². The van der Waals surface area contributed by atoms with Crippen LogP contribution in [0.15, 0.2) is 47.3 Å². The van der Waals surface area contributed by atoms with Gasteiger partial charge in [-0.25, -0.2) is 0 Å². The van der Waals surface area contributed by atoms with Crippen LogP contribution in [0.4, 0.5) is 0 Å². The molecule has 0 fully saturated rings. The first-order chi connectivity index (χ1) is 9.72. The first-order valence-corrected chi connectivity index (χ1v) is 7.06. The van der Waals surface area contributed by atoms with Crippen LogP contribution in [0.5, 0.6) is 5.75 Å². The van der Waals surface area contributed by atoms with Gasteiger partial charge in [0.15, 0.2) is 0 Å². The smallest absolute Gasteiger partial charge is 0.128 e. The number of aliphatic hydroxyl groups excluding tert-OH is 1. The van der Waals surface area contributed by atoms with Crippen LogP contribution in [0, 0.1) is 0 Å². The van der Waals surface area contributed by atoms with Crippen molar-refractivity contribution >= 4 is 26.8 Å². The molecule has 0 saturated carbocycles. The number of aromatic amines is 1. The molecular formula is C14H14BrN3O2. The number of aromatic nitrogens is 3. The Morgan fingerprint density at radius 1 is 1.40 bits per heavy atom. The number of hydrogen-bond donors (Lipinski definition) is 2. The summed E-state index contributed by atoms with van der Waals surface area (Å²) in [5.74, 6) is 0.768. The summed E-state index contributed by atoms with van der Waals surface area (Å²) in [6, 6.07) is 7.76. The number of ether oxygens (including phenoxy) is 1. The van der Waals surface area contributed by atoms with Gasteiger partial charge in [-0.2, -0.15) is 5.10 Å². The molecule has 0 spiro atoms. The molecule has 0 saturated heterocycles. The molecule has 2 aromatic heterocycles. The summed E-state index contributed by atoms with van der Waals surface area (Å²) in [6.45, 7) is 0.622. The van der Waals surface area contributed by atoms with Gasteiger partial charge in [0, 0.05) is 23.3 Å². The van der Waals surface area contributed by atoms with Crippen molar-refractivity contribution < 1.29 is 9.84 Å². The second-order valence-corrected chi connectivity index (χ2v) is 5.46. The van der Waals surface area contributed by atoms with Crippen molar-refractivity contribution in [2.45, 2.75) is 12.6 Å². The van der Waals surface area contributed by atoms with E-state index in [9.17, 15) is 5.11 Å². The Balaban J connectivity index is 1.62. The Labute approximate surface area is 124 Å². The highest BCUT2D eigenvalue weighted by Crippen LogP contribution is 2.24. The molecule has 1 atom stereocenters. The predicted molar refractivity (Wildman–Crippen MR) is 79.7 cm³/mol. The first-order valence-electron chi connectivity index (χ1n) is 6.27. The van der Waals surface area contributed by atoms with Crippen LogP contribution in [-0.2, 0) is 6.54 Å². The standard InChI is InChI=1S/C14H14BrN3O2/c15-10-6-17-18(7-10)8-11(19)9-20-14-3-1-2-13-12(14)4-5-16-13/h1-7,11,16,19H,8-9H2/t11-/m0/s1. The molecule has 0 aliphatic rings. The van der Waals surface area contributed by atoms with E-state index in [4.69, 9.17) is 4.74 Å². The van der Waals surface area contributed by atoms with Crippen molar-refractivity contribution in [1.29, 1.82) is 0 Å². The Hall–Kier alpha value is -1.79. The van der Waals surface area contributed by atoms with Crippen LogP contribution >= 0.6 is 15.9 Å². The van der Waals surface area contributed by atoms with Gasteiger partial charge in [-0.1, -0.05) is 6.07 Å². The van der Waals surface area contributed by atoms with Crippen molar-refractivity contribution in [2.75, 3.05) is 6.61 Å². The van der Waals surface area contributed by atoms with Gasteiger partial charge < -0.3 is 14.8 Å². The van der Waals surface area contributed by atoms with Crippen molar-refractivity contribution in [3.63, 3.8) is 0 Å². The lowest BCUT2D eigenvalue weighted by Gasteiger charge is -2.13. The molecule has 6 heteroatoms. The fraction of sp³-hybridized carbons (Fsp3) is 0.214. The summed E-state index contributed by atoms with van der Waals surface area (Å²) < 4.78 is 8.26. The molecule has 0 bridgehead atoms. The molecule has 0 aliphatic heterocycles. The highest BCUT2D eigenvalue weighted by molar-refractivity contribution is 9.10. The fourth-order valence-corrected chi connectivity index (χ4v) is 2.40. The minimum atomic E-state index is -0.615. The minimum Gasteiger partial charge on any atom is -0.490 e. The van der Waals surface area contributed by atoms with E-state index in [1.165, 1.54) is 0 Å². The third kappa shape index (κ3) is 2.86. The van der Waals surface area contributed by atoms with Gasteiger partial charge in [0.25, 0.3) is 0 Å². The van der Waals surface area contributed by atoms with Crippen molar-refractivity contribution in [3.8, 4) is 5.75 Å². The zero-order chi connectivity index (χ0) is 13.9. The summed E-state index contributed by atoms with van der Waals surface area (Å²) in [5, 5.41) is 15.1. The second kappa shape index (κ2) is 5.68. The third-order valence-corrected chi connectivity index (χ3v) is 3.40. The quantitative estimate of drug-likeness (QED) is 0.753. The molecule has 0 amide bonds. The number of fused-ring (bicyclic) bond motifs is 1. The highest BCUT2D eigenvalue weighted by Gasteiger charge is 2.09. The lowest BCUT2D eigenvalue weighted by atomic mass is 10.2. The molecule has 3 aromatic rings. The molecule has 5 nitrogen and oxygen atoms in total. The van der Waals surface area contributed by atoms with Crippen LogP contribution in [0.1, 0.15) is 0 Å². The Bertz CT molecular complexity index is 707. The normalized spacial score (nSPS) is 12.7. The van der Waals surface area contributed by atoms with Crippen molar-refractivity contribution in [3.05, 3.63) is 47.3 Å².